The average Bonchev–Trinajstić information content (AvgIpc) is 2.87. The fourth-order valence-corrected chi connectivity index (χ4v) is 3.93. The van der Waals surface area contributed by atoms with E-state index in [1.807, 2.05) is 30.3 Å². The molecule has 1 saturated heterocycles. The van der Waals surface area contributed by atoms with Crippen LogP contribution in [0.4, 0.5) is 0 Å². The van der Waals surface area contributed by atoms with Crippen molar-refractivity contribution in [1.82, 2.24) is 9.78 Å². The van der Waals surface area contributed by atoms with Crippen LogP contribution in [0.1, 0.15) is 12.8 Å². The average molecular weight is 292 g/mol. The summed E-state index contributed by atoms with van der Waals surface area (Å²) in [5, 5.41) is 4.23. The zero-order valence-corrected chi connectivity index (χ0v) is 11.8. The predicted molar refractivity (Wildman–Crippen MR) is 75.9 cm³/mol. The third-order valence-electron chi connectivity index (χ3n) is 3.30. The van der Waals surface area contributed by atoms with Crippen molar-refractivity contribution in [2.75, 3.05) is 11.5 Å². The van der Waals surface area contributed by atoms with Crippen LogP contribution in [0.3, 0.4) is 0 Å². The lowest BCUT2D eigenvalue weighted by Gasteiger charge is -2.22. The Balaban J connectivity index is 1.72. The number of nitrogens with zero attached hydrogens (tertiary/aromatic N) is 2. The summed E-state index contributed by atoms with van der Waals surface area (Å²) in [6.07, 6.45) is 4.57. The highest BCUT2D eigenvalue weighted by molar-refractivity contribution is 7.91. The number of hydrogen-bond donors (Lipinski definition) is 0. The summed E-state index contributed by atoms with van der Waals surface area (Å²) in [5.41, 5.74) is 0.943. The van der Waals surface area contributed by atoms with Crippen LogP contribution in [0.25, 0.3) is 5.69 Å². The molecule has 1 aromatic heterocycles. The van der Waals surface area contributed by atoms with Gasteiger partial charge in [-0.1, -0.05) is 18.2 Å². The van der Waals surface area contributed by atoms with Crippen LogP contribution in [-0.4, -0.2) is 35.8 Å². The van der Waals surface area contributed by atoms with Crippen molar-refractivity contribution in [3.8, 4) is 11.4 Å². The summed E-state index contributed by atoms with van der Waals surface area (Å²) in [6, 6.07) is 9.71. The van der Waals surface area contributed by atoms with E-state index in [0.717, 1.165) is 12.1 Å². The Morgan fingerprint density at radius 1 is 1.25 bits per heavy atom. The number of rotatable bonds is 3. The minimum atomic E-state index is -2.95. The zero-order chi connectivity index (χ0) is 14.0. The van der Waals surface area contributed by atoms with Crippen LogP contribution in [0.5, 0.6) is 5.75 Å². The molecular formula is C14H16N2O3S. The first-order chi connectivity index (χ1) is 9.62. The topological polar surface area (TPSA) is 61.2 Å². The standard InChI is InChI=1S/C14H16N2O3S/c17-20(18)8-4-7-13(11-20)19-14-9-15-16(10-14)12-5-2-1-3-6-12/h1-3,5-6,9-10,13H,4,7-8,11H2. The molecule has 3 rings (SSSR count). The molecule has 0 spiro atoms. The lowest BCUT2D eigenvalue weighted by molar-refractivity contribution is 0.207. The quantitative estimate of drug-likeness (QED) is 0.866. The van der Waals surface area contributed by atoms with Gasteiger partial charge >= 0.3 is 0 Å². The molecule has 0 aliphatic carbocycles. The van der Waals surface area contributed by atoms with Gasteiger partial charge in [-0.05, 0) is 25.0 Å². The van der Waals surface area contributed by atoms with E-state index in [0.29, 0.717) is 12.2 Å². The summed E-state index contributed by atoms with van der Waals surface area (Å²) < 4.78 is 30.6. The first-order valence-corrected chi connectivity index (χ1v) is 8.42. The van der Waals surface area contributed by atoms with Gasteiger partial charge in [0.05, 0.1) is 29.6 Å². The van der Waals surface area contributed by atoms with Gasteiger partial charge in [-0.2, -0.15) is 5.10 Å². The number of para-hydroxylation sites is 1. The fourth-order valence-electron chi connectivity index (χ4n) is 2.36. The van der Waals surface area contributed by atoms with Crippen molar-refractivity contribution in [2.24, 2.45) is 0 Å². The number of aromatic nitrogens is 2. The summed E-state index contributed by atoms with van der Waals surface area (Å²) in [7, 11) is -2.95. The molecule has 1 atom stereocenters. The molecule has 2 heterocycles. The molecule has 106 valence electrons. The normalized spacial score (nSPS) is 21.5. The second-order valence-corrected chi connectivity index (χ2v) is 7.18. The molecule has 0 N–H and O–H groups in total. The van der Waals surface area contributed by atoms with Gasteiger partial charge in [0.15, 0.2) is 15.6 Å². The first kappa shape index (κ1) is 13.2. The van der Waals surface area contributed by atoms with E-state index in [1.54, 1.807) is 17.1 Å². The molecule has 0 bridgehead atoms. The largest absolute Gasteiger partial charge is 0.486 e. The second kappa shape index (κ2) is 5.28. The maximum absolute atomic E-state index is 11.6. The molecule has 0 radical (unpaired) electrons. The smallest absolute Gasteiger partial charge is 0.158 e. The zero-order valence-electron chi connectivity index (χ0n) is 11.0. The molecule has 1 aromatic carbocycles. The molecule has 6 heteroatoms. The number of hydrogen-bond acceptors (Lipinski definition) is 4. The summed E-state index contributed by atoms with van der Waals surface area (Å²) >= 11 is 0. The van der Waals surface area contributed by atoms with E-state index in [1.165, 1.54) is 0 Å². The number of benzene rings is 1. The van der Waals surface area contributed by atoms with E-state index in [4.69, 9.17) is 4.74 Å². The molecule has 2 aromatic rings. The van der Waals surface area contributed by atoms with Gasteiger partial charge in [0.25, 0.3) is 0 Å². The molecule has 0 amide bonds. The predicted octanol–water partition coefficient (Wildman–Crippen LogP) is 1.83. The van der Waals surface area contributed by atoms with Crippen molar-refractivity contribution >= 4 is 9.84 Å². The Kier molecular flexibility index (Phi) is 3.48. The number of ether oxygens (including phenoxy) is 1. The molecule has 1 fully saturated rings. The first-order valence-electron chi connectivity index (χ1n) is 6.60. The molecule has 0 saturated carbocycles. The lowest BCUT2D eigenvalue weighted by atomic mass is 10.2. The van der Waals surface area contributed by atoms with Gasteiger partial charge < -0.3 is 4.74 Å². The second-order valence-electron chi connectivity index (χ2n) is 4.95. The third kappa shape index (κ3) is 3.01. The van der Waals surface area contributed by atoms with Crippen molar-refractivity contribution in [3.05, 3.63) is 42.7 Å². The van der Waals surface area contributed by atoms with E-state index >= 15 is 0 Å². The Bertz CT molecular complexity index is 679. The van der Waals surface area contributed by atoms with Crippen LogP contribution in [0.2, 0.25) is 0 Å². The minimum Gasteiger partial charge on any atom is -0.486 e. The Morgan fingerprint density at radius 2 is 2.05 bits per heavy atom. The van der Waals surface area contributed by atoms with Gasteiger partial charge in [0.2, 0.25) is 0 Å². The highest BCUT2D eigenvalue weighted by Crippen LogP contribution is 2.20. The van der Waals surface area contributed by atoms with Crippen LogP contribution in [0.15, 0.2) is 42.7 Å². The summed E-state index contributed by atoms with van der Waals surface area (Å²) in [5.74, 6) is 0.982. The van der Waals surface area contributed by atoms with Crippen molar-refractivity contribution in [2.45, 2.75) is 18.9 Å². The molecule has 1 aliphatic rings. The summed E-state index contributed by atoms with van der Waals surface area (Å²) in [6.45, 7) is 0. The molecule has 1 unspecified atom stereocenters. The van der Waals surface area contributed by atoms with Gasteiger partial charge in [0.1, 0.15) is 6.10 Å². The molecule has 5 nitrogen and oxygen atoms in total. The van der Waals surface area contributed by atoms with Crippen LogP contribution in [-0.2, 0) is 9.84 Å². The van der Waals surface area contributed by atoms with E-state index in [-0.39, 0.29) is 17.6 Å². The maximum Gasteiger partial charge on any atom is 0.158 e. The van der Waals surface area contributed by atoms with E-state index < -0.39 is 9.84 Å². The number of sulfone groups is 1. The molecular weight excluding hydrogens is 276 g/mol. The Labute approximate surface area is 118 Å². The molecule has 1 aliphatic heterocycles. The lowest BCUT2D eigenvalue weighted by Crippen LogP contribution is -2.33. The van der Waals surface area contributed by atoms with Crippen LogP contribution >= 0.6 is 0 Å². The minimum absolute atomic E-state index is 0.101. The van der Waals surface area contributed by atoms with Crippen LogP contribution < -0.4 is 4.74 Å². The van der Waals surface area contributed by atoms with Crippen molar-refractivity contribution in [1.29, 1.82) is 0 Å². The highest BCUT2D eigenvalue weighted by Gasteiger charge is 2.26. The van der Waals surface area contributed by atoms with E-state index in [2.05, 4.69) is 5.10 Å². The van der Waals surface area contributed by atoms with Gasteiger partial charge in [-0.15, -0.1) is 0 Å². The van der Waals surface area contributed by atoms with Gasteiger partial charge in [-0.25, -0.2) is 13.1 Å². The highest BCUT2D eigenvalue weighted by atomic mass is 32.2. The summed E-state index contributed by atoms with van der Waals surface area (Å²) in [4.78, 5) is 0. The Hall–Kier alpha value is -1.82. The molecule has 20 heavy (non-hydrogen) atoms. The maximum atomic E-state index is 11.6. The van der Waals surface area contributed by atoms with Crippen molar-refractivity contribution in [3.63, 3.8) is 0 Å². The Morgan fingerprint density at radius 3 is 2.80 bits per heavy atom. The van der Waals surface area contributed by atoms with Crippen molar-refractivity contribution < 1.29 is 13.2 Å². The van der Waals surface area contributed by atoms with Gasteiger partial charge in [-0.3, -0.25) is 0 Å². The monoisotopic (exact) mass is 292 g/mol. The third-order valence-corrected chi connectivity index (χ3v) is 5.09. The fraction of sp³-hybridized carbons (Fsp3) is 0.357. The van der Waals surface area contributed by atoms with E-state index in [9.17, 15) is 8.42 Å². The van der Waals surface area contributed by atoms with Gasteiger partial charge in [0, 0.05) is 0 Å². The SMILES string of the molecule is O=S1(=O)CCCC(Oc2cnn(-c3ccccc3)c2)C1. The van der Waals surface area contributed by atoms with Crippen LogP contribution in [0, 0.1) is 0 Å².